The van der Waals surface area contributed by atoms with Crippen LogP contribution in [0.5, 0.6) is 0 Å². The van der Waals surface area contributed by atoms with Gasteiger partial charge >= 0.3 is 11.9 Å². The first-order chi connectivity index (χ1) is 8.99. The smallest absolute Gasteiger partial charge is 0.354 e. The lowest BCUT2D eigenvalue weighted by molar-refractivity contribution is 0.0682. The number of aromatic nitrogens is 1. The van der Waals surface area contributed by atoms with E-state index in [1.807, 2.05) is 0 Å². The number of carboxylic acid groups (broad SMARTS) is 2. The van der Waals surface area contributed by atoms with E-state index >= 15 is 0 Å². The van der Waals surface area contributed by atoms with Crippen LogP contribution in [0.2, 0.25) is 5.02 Å². The number of carbonyl (C=O) groups is 2. The summed E-state index contributed by atoms with van der Waals surface area (Å²) in [6.07, 6.45) is 1.35. The maximum atomic E-state index is 11.0. The third kappa shape index (κ3) is 2.71. The molecule has 1 heterocycles. The van der Waals surface area contributed by atoms with Crippen molar-refractivity contribution >= 4 is 23.5 Å². The summed E-state index contributed by atoms with van der Waals surface area (Å²) in [5.74, 6) is -2.28. The van der Waals surface area contributed by atoms with Gasteiger partial charge in [0, 0.05) is 6.20 Å². The van der Waals surface area contributed by atoms with Gasteiger partial charge in [0.15, 0.2) is 0 Å². The molecule has 0 aliphatic carbocycles. The van der Waals surface area contributed by atoms with Gasteiger partial charge in [0.1, 0.15) is 5.69 Å². The van der Waals surface area contributed by atoms with E-state index in [9.17, 15) is 9.59 Å². The molecule has 5 nitrogen and oxygen atoms in total. The molecule has 0 bridgehead atoms. The Balaban J connectivity index is 2.53. The van der Waals surface area contributed by atoms with Gasteiger partial charge in [-0.15, -0.1) is 0 Å². The second kappa shape index (κ2) is 5.07. The zero-order valence-electron chi connectivity index (χ0n) is 9.50. The average molecular weight is 278 g/mol. The molecule has 0 aliphatic rings. The normalized spacial score (nSPS) is 10.2. The Morgan fingerprint density at radius 1 is 1.00 bits per heavy atom. The highest BCUT2D eigenvalue weighted by atomic mass is 35.5. The number of halogens is 1. The van der Waals surface area contributed by atoms with E-state index in [2.05, 4.69) is 4.98 Å². The average Bonchev–Trinajstić information content (AvgIpc) is 2.39. The SMILES string of the molecule is O=C(O)c1cc(-c2ccc(Cl)c(C(=O)O)c2)ccn1. The van der Waals surface area contributed by atoms with Crippen molar-refractivity contribution in [1.82, 2.24) is 4.98 Å². The van der Waals surface area contributed by atoms with Crippen LogP contribution < -0.4 is 0 Å². The molecule has 96 valence electrons. The molecule has 6 heteroatoms. The molecule has 0 saturated heterocycles. The Bertz CT molecular complexity index is 669. The van der Waals surface area contributed by atoms with Crippen molar-refractivity contribution in [3.8, 4) is 11.1 Å². The zero-order valence-corrected chi connectivity index (χ0v) is 10.3. The van der Waals surface area contributed by atoms with Gasteiger partial charge in [-0.3, -0.25) is 0 Å². The number of rotatable bonds is 3. The minimum Gasteiger partial charge on any atom is -0.478 e. The zero-order chi connectivity index (χ0) is 14.0. The highest BCUT2D eigenvalue weighted by Crippen LogP contribution is 2.25. The number of pyridine rings is 1. The van der Waals surface area contributed by atoms with Gasteiger partial charge in [0.25, 0.3) is 0 Å². The maximum absolute atomic E-state index is 11.0. The minimum absolute atomic E-state index is 0.0344. The highest BCUT2D eigenvalue weighted by molar-refractivity contribution is 6.33. The number of carboxylic acids is 2. The standard InChI is InChI=1S/C13H8ClNO4/c14-10-2-1-7(5-9(10)12(16)17)8-3-4-15-11(6-8)13(18)19/h1-6H,(H,16,17)(H,18,19). The summed E-state index contributed by atoms with van der Waals surface area (Å²) in [7, 11) is 0. The number of aromatic carboxylic acids is 2. The van der Waals surface area contributed by atoms with Gasteiger partial charge < -0.3 is 10.2 Å². The van der Waals surface area contributed by atoms with Crippen molar-refractivity contribution in [2.24, 2.45) is 0 Å². The predicted octanol–water partition coefficient (Wildman–Crippen LogP) is 2.80. The van der Waals surface area contributed by atoms with E-state index in [1.165, 1.54) is 24.4 Å². The van der Waals surface area contributed by atoms with Gasteiger partial charge in [-0.2, -0.15) is 0 Å². The van der Waals surface area contributed by atoms with Crippen LogP contribution in [-0.4, -0.2) is 27.1 Å². The van der Waals surface area contributed by atoms with E-state index in [-0.39, 0.29) is 16.3 Å². The van der Waals surface area contributed by atoms with Crippen molar-refractivity contribution in [2.75, 3.05) is 0 Å². The summed E-state index contributed by atoms with van der Waals surface area (Å²) < 4.78 is 0. The molecule has 2 N–H and O–H groups in total. The Labute approximate surface area is 113 Å². The van der Waals surface area contributed by atoms with Gasteiger partial charge in [-0.25, -0.2) is 14.6 Å². The molecule has 0 saturated carbocycles. The van der Waals surface area contributed by atoms with Crippen LogP contribution in [0.25, 0.3) is 11.1 Å². The van der Waals surface area contributed by atoms with Gasteiger partial charge in [0.05, 0.1) is 10.6 Å². The monoisotopic (exact) mass is 277 g/mol. The largest absolute Gasteiger partial charge is 0.478 e. The number of nitrogens with zero attached hydrogens (tertiary/aromatic N) is 1. The van der Waals surface area contributed by atoms with Crippen LogP contribution in [0.1, 0.15) is 20.8 Å². The molecule has 0 aliphatic heterocycles. The van der Waals surface area contributed by atoms with E-state index in [0.29, 0.717) is 11.1 Å². The fourth-order valence-corrected chi connectivity index (χ4v) is 1.79. The van der Waals surface area contributed by atoms with Gasteiger partial charge in [-0.05, 0) is 35.4 Å². The summed E-state index contributed by atoms with van der Waals surface area (Å²) in [5.41, 5.74) is 0.982. The second-order valence-corrected chi connectivity index (χ2v) is 4.14. The first-order valence-corrected chi connectivity index (χ1v) is 5.59. The lowest BCUT2D eigenvalue weighted by Crippen LogP contribution is -2.00. The van der Waals surface area contributed by atoms with E-state index in [0.717, 1.165) is 0 Å². The quantitative estimate of drug-likeness (QED) is 0.901. The summed E-state index contributed by atoms with van der Waals surface area (Å²) in [5, 5.41) is 18.0. The lowest BCUT2D eigenvalue weighted by atomic mass is 10.0. The number of hydrogen-bond donors (Lipinski definition) is 2. The van der Waals surface area contributed by atoms with Crippen LogP contribution in [0.3, 0.4) is 0 Å². The van der Waals surface area contributed by atoms with Crippen LogP contribution in [-0.2, 0) is 0 Å². The first-order valence-electron chi connectivity index (χ1n) is 5.21. The van der Waals surface area contributed by atoms with Crippen molar-refractivity contribution in [2.45, 2.75) is 0 Å². The summed E-state index contributed by atoms with van der Waals surface area (Å²) in [6.45, 7) is 0. The molecular weight excluding hydrogens is 270 g/mol. The van der Waals surface area contributed by atoms with Crippen LogP contribution in [0.4, 0.5) is 0 Å². The Morgan fingerprint density at radius 3 is 2.32 bits per heavy atom. The highest BCUT2D eigenvalue weighted by Gasteiger charge is 2.11. The molecule has 0 unspecified atom stereocenters. The van der Waals surface area contributed by atoms with Crippen molar-refractivity contribution in [3.63, 3.8) is 0 Å². The van der Waals surface area contributed by atoms with Crippen molar-refractivity contribution in [3.05, 3.63) is 52.8 Å². The van der Waals surface area contributed by atoms with Crippen LogP contribution >= 0.6 is 11.6 Å². The molecule has 1 aromatic heterocycles. The second-order valence-electron chi connectivity index (χ2n) is 3.73. The third-order valence-electron chi connectivity index (χ3n) is 2.51. The molecule has 2 rings (SSSR count). The number of benzene rings is 1. The Morgan fingerprint density at radius 2 is 1.68 bits per heavy atom. The van der Waals surface area contributed by atoms with E-state index < -0.39 is 11.9 Å². The molecule has 0 amide bonds. The van der Waals surface area contributed by atoms with E-state index in [4.69, 9.17) is 21.8 Å². The van der Waals surface area contributed by atoms with E-state index in [1.54, 1.807) is 12.1 Å². The number of hydrogen-bond acceptors (Lipinski definition) is 3. The van der Waals surface area contributed by atoms with Crippen LogP contribution in [0.15, 0.2) is 36.5 Å². The molecule has 0 spiro atoms. The third-order valence-corrected chi connectivity index (χ3v) is 2.84. The van der Waals surface area contributed by atoms with Gasteiger partial charge in [0.2, 0.25) is 0 Å². The fraction of sp³-hybridized carbons (Fsp3) is 0. The molecule has 19 heavy (non-hydrogen) atoms. The van der Waals surface area contributed by atoms with Gasteiger partial charge in [-0.1, -0.05) is 17.7 Å². The lowest BCUT2D eigenvalue weighted by Gasteiger charge is -2.05. The van der Waals surface area contributed by atoms with Crippen molar-refractivity contribution < 1.29 is 19.8 Å². The van der Waals surface area contributed by atoms with Crippen molar-refractivity contribution in [1.29, 1.82) is 0 Å². The topological polar surface area (TPSA) is 87.5 Å². The molecule has 1 aromatic carbocycles. The minimum atomic E-state index is -1.14. The summed E-state index contributed by atoms with van der Waals surface area (Å²) in [4.78, 5) is 25.5. The summed E-state index contributed by atoms with van der Waals surface area (Å²) >= 11 is 5.77. The molecular formula is C13H8ClNO4. The fourth-order valence-electron chi connectivity index (χ4n) is 1.60. The Kier molecular flexibility index (Phi) is 3.48. The molecule has 2 aromatic rings. The molecule has 0 atom stereocenters. The predicted molar refractivity (Wildman–Crippen MR) is 68.6 cm³/mol. The maximum Gasteiger partial charge on any atom is 0.354 e. The first kappa shape index (κ1) is 13.0. The molecule has 0 radical (unpaired) electrons. The Hall–Kier alpha value is -2.40. The van der Waals surface area contributed by atoms with Crippen LogP contribution in [0, 0.1) is 0 Å². The molecule has 0 fully saturated rings. The summed E-state index contributed by atoms with van der Waals surface area (Å²) in [6, 6.07) is 7.45.